The van der Waals surface area contributed by atoms with Crippen LogP contribution in [0.3, 0.4) is 0 Å². The molecule has 0 aliphatic carbocycles. The Morgan fingerprint density at radius 1 is 1.07 bits per heavy atom. The van der Waals surface area contributed by atoms with Crippen molar-refractivity contribution in [2.45, 2.75) is 31.7 Å². The lowest BCUT2D eigenvalue weighted by Crippen LogP contribution is -2.43. The summed E-state index contributed by atoms with van der Waals surface area (Å²) in [4.78, 5) is 26.8. The van der Waals surface area contributed by atoms with Gasteiger partial charge in [-0.25, -0.2) is 8.78 Å². The van der Waals surface area contributed by atoms with Crippen LogP contribution in [0, 0.1) is 11.6 Å². The van der Waals surface area contributed by atoms with Crippen LogP contribution in [0.2, 0.25) is 0 Å². The molecule has 1 unspecified atom stereocenters. The summed E-state index contributed by atoms with van der Waals surface area (Å²) < 4.78 is 29.0. The van der Waals surface area contributed by atoms with Crippen LogP contribution >= 0.6 is 0 Å². The van der Waals surface area contributed by atoms with Gasteiger partial charge in [0, 0.05) is 31.5 Å². The number of carbonyl (C=O) groups excluding carboxylic acids is 2. The topological polar surface area (TPSA) is 66.4 Å². The van der Waals surface area contributed by atoms with Gasteiger partial charge in [0.25, 0.3) is 0 Å². The highest BCUT2D eigenvalue weighted by atomic mass is 19.1. The number of hydrogen-bond donors (Lipinski definition) is 2. The Hall–Kier alpha value is -2.74. The van der Waals surface area contributed by atoms with E-state index >= 15 is 0 Å². The van der Waals surface area contributed by atoms with E-state index in [0.717, 1.165) is 49.8 Å². The summed E-state index contributed by atoms with van der Waals surface area (Å²) >= 11 is 0. The number of aryl methyl sites for hydroxylation is 1. The summed E-state index contributed by atoms with van der Waals surface area (Å²) in [6.07, 6.45) is 6.50. The molecule has 1 atom stereocenters. The fourth-order valence-corrected chi connectivity index (χ4v) is 3.69. The predicted octanol–water partition coefficient (Wildman–Crippen LogP) is 2.98. The van der Waals surface area contributed by atoms with Gasteiger partial charge in [0.15, 0.2) is 0 Å². The van der Waals surface area contributed by atoms with E-state index in [0.29, 0.717) is 0 Å². The average Bonchev–Trinajstić information content (AvgIpc) is 2.94. The number of nitrogens with zero attached hydrogens (tertiary/aromatic N) is 2. The maximum atomic E-state index is 13.7. The first-order valence-electron chi connectivity index (χ1n) is 9.85. The Balaban J connectivity index is 1.66. The molecule has 0 radical (unpaired) electrons. The van der Waals surface area contributed by atoms with Gasteiger partial charge in [-0.2, -0.15) is 0 Å². The van der Waals surface area contributed by atoms with Gasteiger partial charge in [-0.1, -0.05) is 12.8 Å². The van der Waals surface area contributed by atoms with E-state index in [1.165, 1.54) is 12.8 Å². The summed E-state index contributed by atoms with van der Waals surface area (Å²) in [5.74, 6) is -3.43. The smallest absolute Gasteiger partial charge is 0.313 e. The fourth-order valence-electron chi connectivity index (χ4n) is 3.69. The molecule has 0 saturated carbocycles. The quantitative estimate of drug-likeness (QED) is 0.753. The summed E-state index contributed by atoms with van der Waals surface area (Å²) in [5, 5.41) is 4.77. The molecule has 2 N–H and O–H groups in total. The second kappa shape index (κ2) is 9.65. The number of aromatic nitrogens is 1. The summed E-state index contributed by atoms with van der Waals surface area (Å²) in [6.45, 7) is 2.09. The average molecular weight is 404 g/mol. The molecular formula is C21H26F2N4O2. The van der Waals surface area contributed by atoms with Crippen molar-refractivity contribution in [2.24, 2.45) is 7.05 Å². The highest BCUT2D eigenvalue weighted by molar-refractivity contribution is 6.39. The zero-order valence-corrected chi connectivity index (χ0v) is 16.5. The molecule has 0 bridgehead atoms. The molecule has 1 aliphatic rings. The third kappa shape index (κ3) is 5.41. The molecule has 1 aromatic carbocycles. The zero-order valence-electron chi connectivity index (χ0n) is 16.5. The van der Waals surface area contributed by atoms with Gasteiger partial charge < -0.3 is 15.2 Å². The molecule has 8 heteroatoms. The van der Waals surface area contributed by atoms with Crippen molar-refractivity contribution in [3.05, 3.63) is 53.9 Å². The van der Waals surface area contributed by atoms with E-state index < -0.39 is 23.4 Å². The van der Waals surface area contributed by atoms with E-state index in [1.807, 2.05) is 29.9 Å². The normalized spacial score (nSPS) is 16.1. The lowest BCUT2D eigenvalue weighted by Gasteiger charge is -2.31. The lowest BCUT2D eigenvalue weighted by atomic mass is 10.1. The van der Waals surface area contributed by atoms with Crippen molar-refractivity contribution in [1.82, 2.24) is 14.8 Å². The van der Waals surface area contributed by atoms with Crippen molar-refractivity contribution in [1.29, 1.82) is 0 Å². The van der Waals surface area contributed by atoms with Crippen LogP contribution < -0.4 is 10.6 Å². The van der Waals surface area contributed by atoms with Crippen molar-refractivity contribution in [2.75, 3.05) is 25.0 Å². The number of carbonyl (C=O) groups is 2. The monoisotopic (exact) mass is 404 g/mol. The van der Waals surface area contributed by atoms with Crippen LogP contribution in [0.25, 0.3) is 0 Å². The van der Waals surface area contributed by atoms with E-state index in [1.54, 1.807) is 0 Å². The minimum absolute atomic E-state index is 0.0734. The number of rotatable bonds is 5. The Bertz CT molecular complexity index is 860. The summed E-state index contributed by atoms with van der Waals surface area (Å²) in [7, 11) is 1.95. The Kier molecular flexibility index (Phi) is 6.98. The fraction of sp³-hybridized carbons (Fsp3) is 0.429. The molecule has 2 aromatic rings. The SMILES string of the molecule is Cn1cccc1C(CNC(=O)C(=O)Nc1cc(F)ccc1F)N1CCCCCC1. The molecule has 1 aliphatic heterocycles. The molecule has 2 heterocycles. The number of halogens is 2. The molecule has 1 fully saturated rings. The first-order chi connectivity index (χ1) is 14.0. The van der Waals surface area contributed by atoms with Crippen molar-refractivity contribution >= 4 is 17.5 Å². The Morgan fingerprint density at radius 3 is 2.45 bits per heavy atom. The maximum Gasteiger partial charge on any atom is 0.313 e. The van der Waals surface area contributed by atoms with Gasteiger partial charge in [-0.15, -0.1) is 0 Å². The number of benzene rings is 1. The lowest BCUT2D eigenvalue weighted by molar-refractivity contribution is -0.136. The zero-order chi connectivity index (χ0) is 20.8. The molecule has 2 amide bonds. The minimum atomic E-state index is -1.03. The number of likely N-dealkylation sites (tertiary alicyclic amines) is 1. The van der Waals surface area contributed by atoms with Crippen LogP contribution in [-0.2, 0) is 16.6 Å². The largest absolute Gasteiger partial charge is 0.353 e. The van der Waals surface area contributed by atoms with Gasteiger partial charge in [0.1, 0.15) is 11.6 Å². The van der Waals surface area contributed by atoms with Gasteiger partial charge in [0.2, 0.25) is 0 Å². The van der Waals surface area contributed by atoms with E-state index in [9.17, 15) is 18.4 Å². The number of amides is 2. The molecule has 156 valence electrons. The molecule has 1 saturated heterocycles. The van der Waals surface area contributed by atoms with Crippen LogP contribution in [0.15, 0.2) is 36.5 Å². The van der Waals surface area contributed by atoms with Crippen LogP contribution in [0.1, 0.15) is 37.4 Å². The highest BCUT2D eigenvalue weighted by Crippen LogP contribution is 2.24. The predicted molar refractivity (Wildman–Crippen MR) is 106 cm³/mol. The molecular weight excluding hydrogens is 378 g/mol. The summed E-state index contributed by atoms with van der Waals surface area (Å²) in [5.41, 5.74) is 0.681. The number of anilines is 1. The van der Waals surface area contributed by atoms with Crippen LogP contribution in [0.5, 0.6) is 0 Å². The highest BCUT2D eigenvalue weighted by Gasteiger charge is 2.25. The third-order valence-corrected chi connectivity index (χ3v) is 5.25. The van der Waals surface area contributed by atoms with Crippen LogP contribution in [-0.4, -0.2) is 40.9 Å². The van der Waals surface area contributed by atoms with E-state index in [2.05, 4.69) is 15.5 Å². The molecule has 0 spiro atoms. The maximum absolute atomic E-state index is 13.7. The number of nitrogens with one attached hydrogen (secondary N) is 2. The first kappa shape index (κ1) is 21.0. The van der Waals surface area contributed by atoms with Gasteiger partial charge >= 0.3 is 11.8 Å². The van der Waals surface area contributed by atoms with Gasteiger partial charge in [0.05, 0.1) is 11.7 Å². The second-order valence-corrected chi connectivity index (χ2v) is 7.30. The second-order valence-electron chi connectivity index (χ2n) is 7.30. The van der Waals surface area contributed by atoms with E-state index in [-0.39, 0.29) is 18.3 Å². The number of hydrogen-bond acceptors (Lipinski definition) is 3. The molecule has 1 aromatic heterocycles. The third-order valence-electron chi connectivity index (χ3n) is 5.25. The molecule has 3 rings (SSSR count). The first-order valence-corrected chi connectivity index (χ1v) is 9.85. The Morgan fingerprint density at radius 2 is 1.79 bits per heavy atom. The molecule has 29 heavy (non-hydrogen) atoms. The van der Waals surface area contributed by atoms with Crippen molar-refractivity contribution in [3.63, 3.8) is 0 Å². The van der Waals surface area contributed by atoms with Gasteiger partial charge in [-0.05, 0) is 50.2 Å². The molecule has 6 nitrogen and oxygen atoms in total. The summed E-state index contributed by atoms with van der Waals surface area (Å²) in [6, 6.07) is 6.55. The van der Waals surface area contributed by atoms with E-state index in [4.69, 9.17) is 0 Å². The minimum Gasteiger partial charge on any atom is -0.353 e. The van der Waals surface area contributed by atoms with Crippen molar-refractivity contribution in [3.8, 4) is 0 Å². The van der Waals surface area contributed by atoms with Crippen molar-refractivity contribution < 1.29 is 18.4 Å². The van der Waals surface area contributed by atoms with Gasteiger partial charge in [-0.3, -0.25) is 14.5 Å². The Labute approximate surface area is 168 Å². The standard InChI is InChI=1S/C21H26F2N4O2/c1-26-10-6-7-18(26)19(27-11-4-2-3-5-12-27)14-24-20(28)21(29)25-17-13-15(22)8-9-16(17)23/h6-10,13,19H,2-5,11-12,14H2,1H3,(H,24,28)(H,25,29). The van der Waals surface area contributed by atoms with Crippen LogP contribution in [0.4, 0.5) is 14.5 Å².